The molecule has 0 saturated carbocycles. The van der Waals surface area contributed by atoms with Crippen molar-refractivity contribution in [1.29, 1.82) is 0 Å². The zero-order chi connectivity index (χ0) is 52.9. The molecule has 434 valence electrons. The predicted molar refractivity (Wildman–Crippen MR) is 320 cm³/mol. The molecule has 0 aliphatic heterocycles. The number of aliphatic hydroxyl groups excluding tert-OH is 2. The average Bonchev–Trinajstić information content (AvgIpc) is 3.39. The lowest BCUT2D eigenvalue weighted by Gasteiger charge is -2.22. The van der Waals surface area contributed by atoms with Gasteiger partial charge in [0.05, 0.1) is 25.4 Å². The highest BCUT2D eigenvalue weighted by atomic mass is 16.5. The van der Waals surface area contributed by atoms with Crippen LogP contribution in [0, 0.1) is 0 Å². The quantitative estimate of drug-likeness (QED) is 0.0320. The van der Waals surface area contributed by atoms with Crippen LogP contribution < -0.4 is 5.32 Å². The van der Waals surface area contributed by atoms with Crippen LogP contribution in [0.1, 0.15) is 380 Å². The minimum absolute atomic E-state index is 0.0116. The molecule has 0 aromatic carbocycles. The van der Waals surface area contributed by atoms with E-state index >= 15 is 0 Å². The van der Waals surface area contributed by atoms with E-state index in [0.717, 1.165) is 44.9 Å². The second-order valence-corrected chi connectivity index (χ2v) is 23.2. The van der Waals surface area contributed by atoms with Gasteiger partial charge in [0.15, 0.2) is 0 Å². The Morgan fingerprint density at radius 2 is 0.644 bits per heavy atom. The number of unbranched alkanes of at least 4 members (excludes halogenated alkanes) is 50. The summed E-state index contributed by atoms with van der Waals surface area (Å²) in [6.45, 7) is 4.97. The van der Waals surface area contributed by atoms with Crippen molar-refractivity contribution in [2.75, 3.05) is 13.2 Å². The molecule has 3 N–H and O–H groups in total. The van der Waals surface area contributed by atoms with E-state index in [2.05, 4.69) is 31.3 Å². The highest BCUT2D eigenvalue weighted by molar-refractivity contribution is 5.76. The Hall–Kier alpha value is -1.40. The second-order valence-electron chi connectivity index (χ2n) is 23.2. The first kappa shape index (κ1) is 71.6. The monoisotopic (exact) mass is 1030 g/mol. The van der Waals surface area contributed by atoms with Gasteiger partial charge >= 0.3 is 5.97 Å². The molecule has 0 fully saturated rings. The third-order valence-electron chi connectivity index (χ3n) is 15.8. The van der Waals surface area contributed by atoms with Crippen LogP contribution in [0.15, 0.2) is 12.2 Å². The molecule has 1 amide bonds. The lowest BCUT2D eigenvalue weighted by Crippen LogP contribution is -2.45. The summed E-state index contributed by atoms with van der Waals surface area (Å²) in [5.41, 5.74) is 0. The van der Waals surface area contributed by atoms with Crippen molar-refractivity contribution in [3.05, 3.63) is 12.2 Å². The van der Waals surface area contributed by atoms with Crippen LogP contribution in [-0.4, -0.2) is 47.4 Å². The molecule has 73 heavy (non-hydrogen) atoms. The number of carbonyl (C=O) groups excluding carboxylic acids is 2. The Balaban J connectivity index is 3.32. The van der Waals surface area contributed by atoms with Crippen molar-refractivity contribution in [2.24, 2.45) is 0 Å². The zero-order valence-corrected chi connectivity index (χ0v) is 49.6. The molecule has 2 atom stereocenters. The van der Waals surface area contributed by atoms with E-state index in [4.69, 9.17) is 4.74 Å². The number of amides is 1. The van der Waals surface area contributed by atoms with Crippen molar-refractivity contribution in [1.82, 2.24) is 5.32 Å². The van der Waals surface area contributed by atoms with E-state index in [0.29, 0.717) is 25.9 Å². The van der Waals surface area contributed by atoms with E-state index in [1.54, 1.807) is 0 Å². The molecule has 0 aliphatic rings. The SMILES string of the molecule is CCCCCCCC/C=C\CCCCCCCC(=O)OCCCCCCCCCCCCCCCCCCCCCCCCCCCCCCC(=O)NC(CO)C(O)CCCCCCCCCCCCCCC. The summed E-state index contributed by atoms with van der Waals surface area (Å²) in [6.07, 6.45) is 76.8. The Morgan fingerprint density at radius 1 is 0.370 bits per heavy atom. The summed E-state index contributed by atoms with van der Waals surface area (Å²) in [7, 11) is 0. The van der Waals surface area contributed by atoms with E-state index in [1.807, 2.05) is 0 Å². The molecule has 0 saturated heterocycles. The normalized spacial score (nSPS) is 12.5. The molecule has 0 spiro atoms. The number of nitrogens with one attached hydrogen (secondary N) is 1. The third kappa shape index (κ3) is 59.7. The Morgan fingerprint density at radius 3 is 0.973 bits per heavy atom. The maximum absolute atomic E-state index is 12.5. The zero-order valence-electron chi connectivity index (χ0n) is 49.6. The molecule has 6 heteroatoms. The van der Waals surface area contributed by atoms with Crippen LogP contribution in [-0.2, 0) is 14.3 Å². The maximum atomic E-state index is 12.5. The van der Waals surface area contributed by atoms with Crippen LogP contribution >= 0.6 is 0 Å². The standard InChI is InChI=1S/C67H131NO5/c1-3-5-7-9-11-13-15-17-32-37-41-45-49-53-57-61-67(72)73-62-58-54-50-46-42-38-34-31-29-27-25-23-21-19-18-20-22-24-26-28-30-33-36-40-44-48-52-56-60-66(71)68-64(63-69)65(70)59-55-51-47-43-39-35-16-14-12-10-8-6-4-2/h17,32,64-65,69-70H,3-16,18-31,33-63H2,1-2H3,(H,68,71)/b32-17-. The largest absolute Gasteiger partial charge is 0.466 e. The minimum Gasteiger partial charge on any atom is -0.466 e. The fourth-order valence-corrected chi connectivity index (χ4v) is 10.7. The van der Waals surface area contributed by atoms with Gasteiger partial charge in [-0.2, -0.15) is 0 Å². The van der Waals surface area contributed by atoms with E-state index < -0.39 is 12.1 Å². The fourth-order valence-electron chi connectivity index (χ4n) is 10.7. The van der Waals surface area contributed by atoms with Gasteiger partial charge in [-0.15, -0.1) is 0 Å². The lowest BCUT2D eigenvalue weighted by molar-refractivity contribution is -0.143. The number of hydrogen-bond donors (Lipinski definition) is 3. The maximum Gasteiger partial charge on any atom is 0.305 e. The molecular weight excluding hydrogens is 899 g/mol. The molecule has 2 unspecified atom stereocenters. The van der Waals surface area contributed by atoms with Crippen LogP contribution in [0.3, 0.4) is 0 Å². The molecule has 0 aliphatic carbocycles. The van der Waals surface area contributed by atoms with Crippen LogP contribution in [0.5, 0.6) is 0 Å². The predicted octanol–water partition coefficient (Wildman–Crippen LogP) is 21.2. The number of aliphatic hydroxyl groups is 2. The van der Waals surface area contributed by atoms with Gasteiger partial charge in [0, 0.05) is 12.8 Å². The van der Waals surface area contributed by atoms with Gasteiger partial charge in [0.25, 0.3) is 0 Å². The van der Waals surface area contributed by atoms with Crippen molar-refractivity contribution in [2.45, 2.75) is 392 Å². The Bertz CT molecular complexity index is 1100. The van der Waals surface area contributed by atoms with E-state index in [9.17, 15) is 19.8 Å². The van der Waals surface area contributed by atoms with Crippen molar-refractivity contribution in [3.8, 4) is 0 Å². The third-order valence-corrected chi connectivity index (χ3v) is 15.8. The first-order valence-corrected chi connectivity index (χ1v) is 33.4. The smallest absolute Gasteiger partial charge is 0.305 e. The second kappa shape index (κ2) is 63.1. The van der Waals surface area contributed by atoms with Crippen LogP contribution in [0.4, 0.5) is 0 Å². The van der Waals surface area contributed by atoms with E-state index in [1.165, 1.54) is 302 Å². The Kier molecular flexibility index (Phi) is 61.9. The van der Waals surface area contributed by atoms with Gasteiger partial charge in [0.2, 0.25) is 5.91 Å². The van der Waals surface area contributed by atoms with Gasteiger partial charge in [-0.05, 0) is 51.4 Å². The number of esters is 1. The first-order chi connectivity index (χ1) is 36.0. The Labute approximate surface area is 457 Å². The topological polar surface area (TPSA) is 95.9 Å². The summed E-state index contributed by atoms with van der Waals surface area (Å²) >= 11 is 0. The number of allylic oxidation sites excluding steroid dienone is 2. The molecule has 0 radical (unpaired) electrons. The number of rotatable bonds is 63. The van der Waals surface area contributed by atoms with Crippen molar-refractivity contribution >= 4 is 11.9 Å². The molecule has 0 heterocycles. The van der Waals surface area contributed by atoms with Gasteiger partial charge < -0.3 is 20.3 Å². The van der Waals surface area contributed by atoms with Gasteiger partial charge in [-0.3, -0.25) is 9.59 Å². The summed E-state index contributed by atoms with van der Waals surface area (Å²) in [4.78, 5) is 24.5. The van der Waals surface area contributed by atoms with Crippen molar-refractivity contribution < 1.29 is 24.5 Å². The van der Waals surface area contributed by atoms with Gasteiger partial charge in [0.1, 0.15) is 0 Å². The highest BCUT2D eigenvalue weighted by Crippen LogP contribution is 2.19. The first-order valence-electron chi connectivity index (χ1n) is 33.4. The lowest BCUT2D eigenvalue weighted by atomic mass is 10.0. The summed E-state index contributed by atoms with van der Waals surface area (Å²) < 4.78 is 5.49. The van der Waals surface area contributed by atoms with E-state index in [-0.39, 0.29) is 18.5 Å². The highest BCUT2D eigenvalue weighted by Gasteiger charge is 2.20. The fraction of sp³-hybridized carbons (Fsp3) is 0.940. The average molecular weight is 1030 g/mol. The molecule has 0 aromatic heterocycles. The molecule has 6 nitrogen and oxygen atoms in total. The van der Waals surface area contributed by atoms with Crippen molar-refractivity contribution in [3.63, 3.8) is 0 Å². The van der Waals surface area contributed by atoms with Crippen LogP contribution in [0.2, 0.25) is 0 Å². The molecular formula is C67H131NO5. The summed E-state index contributed by atoms with van der Waals surface area (Å²) in [5.74, 6) is -0.0181. The number of ether oxygens (including phenoxy) is 1. The van der Waals surface area contributed by atoms with Gasteiger partial charge in [-0.1, -0.05) is 328 Å². The number of hydrogen-bond acceptors (Lipinski definition) is 5. The molecule has 0 rings (SSSR count). The number of carbonyl (C=O) groups is 2. The summed E-state index contributed by atoms with van der Waals surface area (Å²) in [6, 6.07) is -0.537. The molecule has 0 bridgehead atoms. The van der Waals surface area contributed by atoms with Gasteiger partial charge in [-0.25, -0.2) is 0 Å². The molecule has 0 aromatic rings. The van der Waals surface area contributed by atoms with Crippen LogP contribution in [0.25, 0.3) is 0 Å². The summed E-state index contributed by atoms with van der Waals surface area (Å²) in [5, 5.41) is 23.3. The minimum atomic E-state index is -0.660.